The predicted molar refractivity (Wildman–Crippen MR) is 80.1 cm³/mol. The largest absolute Gasteiger partial charge is 0.395 e. The summed E-state index contributed by atoms with van der Waals surface area (Å²) >= 11 is 0. The van der Waals surface area contributed by atoms with Crippen LogP contribution in [-0.2, 0) is 14.2 Å². The van der Waals surface area contributed by atoms with Gasteiger partial charge in [0.1, 0.15) is 13.6 Å². The molecule has 0 unspecified atom stereocenters. The molecule has 0 aliphatic carbocycles. The molecular formula is C16H26O5. The molecule has 0 amide bonds. The van der Waals surface area contributed by atoms with E-state index < -0.39 is 0 Å². The van der Waals surface area contributed by atoms with Crippen molar-refractivity contribution in [3.8, 4) is 23.7 Å². The van der Waals surface area contributed by atoms with Crippen LogP contribution >= 0.6 is 0 Å². The number of hydrogen-bond acceptors (Lipinski definition) is 5. The highest BCUT2D eigenvalue weighted by Gasteiger charge is 1.90. The minimum atomic E-state index is 0.118. The number of aliphatic hydroxyl groups is 2. The van der Waals surface area contributed by atoms with E-state index >= 15 is 0 Å². The van der Waals surface area contributed by atoms with Gasteiger partial charge in [0.05, 0.1) is 26.4 Å². The Labute approximate surface area is 127 Å². The van der Waals surface area contributed by atoms with Crippen molar-refractivity contribution < 1.29 is 24.4 Å². The molecule has 0 aromatic carbocycles. The van der Waals surface area contributed by atoms with E-state index in [1.165, 1.54) is 0 Å². The van der Waals surface area contributed by atoms with Crippen LogP contribution in [0.25, 0.3) is 0 Å². The van der Waals surface area contributed by atoms with E-state index in [4.69, 9.17) is 24.4 Å². The molecule has 0 saturated heterocycles. The molecule has 0 heterocycles. The predicted octanol–water partition coefficient (Wildman–Crippen LogP) is 1.28. The van der Waals surface area contributed by atoms with Gasteiger partial charge in [-0.25, -0.2) is 0 Å². The van der Waals surface area contributed by atoms with E-state index in [-0.39, 0.29) is 26.8 Å². The average Bonchev–Trinajstić information content (AvgIpc) is 2.50. The second kappa shape index (κ2) is 18.9. The summed E-state index contributed by atoms with van der Waals surface area (Å²) in [6.45, 7) is 1.89. The second-order valence-corrected chi connectivity index (χ2v) is 4.12. The highest BCUT2D eigenvalue weighted by atomic mass is 16.7. The molecule has 0 saturated carbocycles. The lowest BCUT2D eigenvalue weighted by Crippen LogP contribution is -2.06. The Balaban J connectivity index is 3.07. The Morgan fingerprint density at radius 1 is 0.571 bits per heavy atom. The summed E-state index contributed by atoms with van der Waals surface area (Å²) < 4.78 is 15.6. The third kappa shape index (κ3) is 18.9. The maximum atomic E-state index is 8.52. The minimum absolute atomic E-state index is 0.118. The summed E-state index contributed by atoms with van der Waals surface area (Å²) in [5.41, 5.74) is 0. The van der Waals surface area contributed by atoms with E-state index in [9.17, 15) is 0 Å². The van der Waals surface area contributed by atoms with Gasteiger partial charge in [-0.1, -0.05) is 0 Å². The first-order valence-corrected chi connectivity index (χ1v) is 7.28. The molecule has 0 aromatic heterocycles. The van der Waals surface area contributed by atoms with Crippen molar-refractivity contribution in [1.29, 1.82) is 0 Å². The van der Waals surface area contributed by atoms with Gasteiger partial charge in [-0.05, 0) is 12.8 Å². The summed E-state index contributed by atoms with van der Waals surface area (Å²) in [6, 6.07) is 0. The topological polar surface area (TPSA) is 68.2 Å². The lowest BCUT2D eigenvalue weighted by molar-refractivity contribution is -0.131. The van der Waals surface area contributed by atoms with Crippen LogP contribution in [0.15, 0.2) is 0 Å². The SMILES string of the molecule is OCCC#CCCCOCOCOCCCC#CCCO. The molecule has 0 bridgehead atoms. The molecule has 0 rings (SSSR count). The summed E-state index contributed by atoms with van der Waals surface area (Å²) in [7, 11) is 0. The quantitative estimate of drug-likeness (QED) is 0.323. The van der Waals surface area contributed by atoms with Crippen molar-refractivity contribution in [2.24, 2.45) is 0 Å². The number of unbranched alkanes of at least 4 members (excludes halogenated alkanes) is 2. The van der Waals surface area contributed by atoms with Crippen molar-refractivity contribution in [2.45, 2.75) is 38.5 Å². The first kappa shape index (κ1) is 19.9. The van der Waals surface area contributed by atoms with Gasteiger partial charge >= 0.3 is 0 Å². The summed E-state index contributed by atoms with van der Waals surface area (Å²) in [5.74, 6) is 11.6. The fourth-order valence-corrected chi connectivity index (χ4v) is 1.26. The molecule has 0 atom stereocenters. The zero-order chi connectivity index (χ0) is 15.4. The molecule has 0 aliphatic rings. The maximum Gasteiger partial charge on any atom is 0.149 e. The number of aliphatic hydroxyl groups excluding tert-OH is 2. The van der Waals surface area contributed by atoms with Crippen LogP contribution in [0.3, 0.4) is 0 Å². The second-order valence-electron chi connectivity index (χ2n) is 4.12. The van der Waals surface area contributed by atoms with Crippen LogP contribution in [0, 0.1) is 23.7 Å². The minimum Gasteiger partial charge on any atom is -0.395 e. The number of hydrogen-bond donors (Lipinski definition) is 2. The third-order valence-corrected chi connectivity index (χ3v) is 2.24. The van der Waals surface area contributed by atoms with Gasteiger partial charge in [0.15, 0.2) is 0 Å². The molecule has 0 spiro atoms. The Kier molecular flexibility index (Phi) is 17.9. The molecule has 5 nitrogen and oxygen atoms in total. The van der Waals surface area contributed by atoms with Gasteiger partial charge in [0, 0.05) is 25.7 Å². The molecule has 21 heavy (non-hydrogen) atoms. The average molecular weight is 298 g/mol. The van der Waals surface area contributed by atoms with Crippen molar-refractivity contribution in [1.82, 2.24) is 0 Å². The standard InChI is InChI=1S/C16H26O5/c17-11-7-3-1-5-9-13-19-15-21-16-20-14-10-6-2-4-8-12-18/h17-18H,5-16H2. The van der Waals surface area contributed by atoms with Gasteiger partial charge in [-0.15, -0.1) is 23.7 Å². The fraction of sp³-hybridized carbons (Fsp3) is 0.750. The first-order valence-electron chi connectivity index (χ1n) is 7.28. The molecule has 5 heteroatoms. The van der Waals surface area contributed by atoms with E-state index in [0.29, 0.717) is 26.1 Å². The Morgan fingerprint density at radius 3 is 1.43 bits per heavy atom. The van der Waals surface area contributed by atoms with Crippen LogP contribution in [-0.4, -0.2) is 50.2 Å². The van der Waals surface area contributed by atoms with Crippen molar-refractivity contribution in [2.75, 3.05) is 40.0 Å². The molecule has 120 valence electrons. The lowest BCUT2D eigenvalue weighted by atomic mass is 10.3. The lowest BCUT2D eigenvalue weighted by Gasteiger charge is -2.05. The number of rotatable bonds is 12. The highest BCUT2D eigenvalue weighted by molar-refractivity contribution is 4.98. The van der Waals surface area contributed by atoms with Crippen molar-refractivity contribution in [3.05, 3.63) is 0 Å². The molecule has 0 radical (unpaired) electrons. The Hall–Kier alpha value is -1.08. The van der Waals surface area contributed by atoms with Gasteiger partial charge in [-0.3, -0.25) is 0 Å². The molecule has 0 aliphatic heterocycles. The first-order chi connectivity index (χ1) is 10.4. The zero-order valence-electron chi connectivity index (χ0n) is 12.6. The summed E-state index contributed by atoms with van der Waals surface area (Å²) in [5, 5.41) is 17.0. The molecule has 0 aromatic rings. The Morgan fingerprint density at radius 2 is 1.00 bits per heavy atom. The van der Waals surface area contributed by atoms with Gasteiger partial charge in [-0.2, -0.15) is 0 Å². The van der Waals surface area contributed by atoms with Crippen LogP contribution < -0.4 is 0 Å². The van der Waals surface area contributed by atoms with Gasteiger partial charge in [0.25, 0.3) is 0 Å². The van der Waals surface area contributed by atoms with Gasteiger partial charge in [0.2, 0.25) is 0 Å². The molecular weight excluding hydrogens is 272 g/mol. The van der Waals surface area contributed by atoms with Gasteiger partial charge < -0.3 is 24.4 Å². The maximum absolute atomic E-state index is 8.52. The van der Waals surface area contributed by atoms with E-state index in [1.807, 2.05) is 0 Å². The Bertz CT molecular complexity index is 289. The smallest absolute Gasteiger partial charge is 0.149 e. The normalized spacial score (nSPS) is 9.62. The van der Waals surface area contributed by atoms with Crippen LogP contribution in [0.1, 0.15) is 38.5 Å². The van der Waals surface area contributed by atoms with E-state index in [2.05, 4.69) is 23.7 Å². The van der Waals surface area contributed by atoms with Crippen LogP contribution in [0.2, 0.25) is 0 Å². The monoisotopic (exact) mass is 298 g/mol. The third-order valence-electron chi connectivity index (χ3n) is 2.24. The van der Waals surface area contributed by atoms with Crippen molar-refractivity contribution in [3.63, 3.8) is 0 Å². The van der Waals surface area contributed by atoms with E-state index in [0.717, 1.165) is 25.7 Å². The van der Waals surface area contributed by atoms with Crippen molar-refractivity contribution >= 4 is 0 Å². The van der Waals surface area contributed by atoms with E-state index in [1.54, 1.807) is 0 Å². The van der Waals surface area contributed by atoms with Crippen LogP contribution in [0.5, 0.6) is 0 Å². The summed E-state index contributed by atoms with van der Waals surface area (Å²) in [6.07, 6.45) is 4.33. The zero-order valence-corrected chi connectivity index (χ0v) is 12.6. The fourth-order valence-electron chi connectivity index (χ4n) is 1.26. The molecule has 2 N–H and O–H groups in total. The highest BCUT2D eigenvalue weighted by Crippen LogP contribution is 1.91. The summed E-state index contributed by atoms with van der Waals surface area (Å²) in [4.78, 5) is 0. The number of ether oxygens (including phenoxy) is 3. The van der Waals surface area contributed by atoms with Crippen LogP contribution in [0.4, 0.5) is 0 Å². The molecule has 0 fully saturated rings.